The molecule has 5 heteroatoms. The van der Waals surface area contributed by atoms with Gasteiger partial charge < -0.3 is 15.4 Å². The van der Waals surface area contributed by atoms with Crippen molar-refractivity contribution in [1.82, 2.24) is 9.78 Å². The molecule has 20 heavy (non-hydrogen) atoms. The first kappa shape index (κ1) is 12.8. The number of nitrogens with zero attached hydrogens (tertiary/aromatic N) is 3. The minimum absolute atomic E-state index is 0.647. The number of nitrogen functional groups attached to an aromatic ring is 1. The van der Waals surface area contributed by atoms with Crippen molar-refractivity contribution in [1.29, 1.82) is 0 Å². The Morgan fingerprint density at radius 3 is 2.55 bits per heavy atom. The SMILES string of the molecule is COc1ccc(N2CCCC2)cc1-c1cc(N)n(C)n1. The molecule has 3 rings (SSSR count). The van der Waals surface area contributed by atoms with Gasteiger partial charge in [0.05, 0.1) is 12.8 Å². The van der Waals surface area contributed by atoms with Crippen LogP contribution in [0.1, 0.15) is 12.8 Å². The second-order valence-corrected chi connectivity index (χ2v) is 5.16. The lowest BCUT2D eigenvalue weighted by atomic mass is 10.1. The van der Waals surface area contributed by atoms with Gasteiger partial charge >= 0.3 is 0 Å². The van der Waals surface area contributed by atoms with Gasteiger partial charge in [-0.25, -0.2) is 0 Å². The molecule has 1 aliphatic rings. The summed E-state index contributed by atoms with van der Waals surface area (Å²) < 4.78 is 7.14. The lowest BCUT2D eigenvalue weighted by Gasteiger charge is -2.19. The molecule has 1 fully saturated rings. The molecule has 106 valence electrons. The summed E-state index contributed by atoms with van der Waals surface area (Å²) in [7, 11) is 3.52. The topological polar surface area (TPSA) is 56.3 Å². The fourth-order valence-corrected chi connectivity index (χ4v) is 2.68. The van der Waals surface area contributed by atoms with Crippen molar-refractivity contribution < 1.29 is 4.74 Å². The third kappa shape index (κ3) is 2.19. The predicted octanol–water partition coefficient (Wildman–Crippen LogP) is 2.28. The number of nitrogens with two attached hydrogens (primary N) is 1. The predicted molar refractivity (Wildman–Crippen MR) is 81.1 cm³/mol. The van der Waals surface area contributed by atoms with E-state index < -0.39 is 0 Å². The molecule has 5 nitrogen and oxygen atoms in total. The first-order valence-corrected chi connectivity index (χ1v) is 6.92. The van der Waals surface area contributed by atoms with Crippen LogP contribution in [0.4, 0.5) is 11.5 Å². The number of hydrogen-bond donors (Lipinski definition) is 1. The van der Waals surface area contributed by atoms with Crippen molar-refractivity contribution in [2.45, 2.75) is 12.8 Å². The van der Waals surface area contributed by atoms with Gasteiger partial charge in [-0.05, 0) is 31.0 Å². The Hall–Kier alpha value is -2.17. The van der Waals surface area contributed by atoms with Gasteiger partial charge in [-0.3, -0.25) is 4.68 Å². The number of methoxy groups -OCH3 is 1. The minimum Gasteiger partial charge on any atom is -0.496 e. The maximum Gasteiger partial charge on any atom is 0.128 e. The van der Waals surface area contributed by atoms with Gasteiger partial charge in [0.15, 0.2) is 0 Å². The fraction of sp³-hybridized carbons (Fsp3) is 0.400. The lowest BCUT2D eigenvalue weighted by Crippen LogP contribution is -2.17. The van der Waals surface area contributed by atoms with Crippen molar-refractivity contribution in [2.75, 3.05) is 30.8 Å². The van der Waals surface area contributed by atoms with E-state index in [1.165, 1.54) is 18.5 Å². The standard InChI is InChI=1S/C15H20N4O/c1-18-15(16)10-13(17-18)12-9-11(5-6-14(12)20-2)19-7-3-4-8-19/h5-6,9-10H,3-4,7-8,16H2,1-2H3. The summed E-state index contributed by atoms with van der Waals surface area (Å²) in [6, 6.07) is 8.14. The molecule has 0 unspecified atom stereocenters. The summed E-state index contributed by atoms with van der Waals surface area (Å²) in [4.78, 5) is 2.40. The lowest BCUT2D eigenvalue weighted by molar-refractivity contribution is 0.416. The molecule has 0 spiro atoms. The molecule has 2 heterocycles. The Labute approximate surface area is 118 Å². The highest BCUT2D eigenvalue weighted by molar-refractivity contribution is 5.74. The molecule has 0 radical (unpaired) electrons. The van der Waals surface area contributed by atoms with E-state index in [9.17, 15) is 0 Å². The van der Waals surface area contributed by atoms with Crippen LogP contribution in [0, 0.1) is 0 Å². The van der Waals surface area contributed by atoms with Crippen LogP contribution in [0.3, 0.4) is 0 Å². The second-order valence-electron chi connectivity index (χ2n) is 5.16. The smallest absolute Gasteiger partial charge is 0.128 e. The van der Waals surface area contributed by atoms with E-state index in [1.54, 1.807) is 11.8 Å². The fourth-order valence-electron chi connectivity index (χ4n) is 2.68. The van der Waals surface area contributed by atoms with Crippen LogP contribution < -0.4 is 15.4 Å². The summed E-state index contributed by atoms with van der Waals surface area (Å²) >= 11 is 0. The highest BCUT2D eigenvalue weighted by Gasteiger charge is 2.16. The van der Waals surface area contributed by atoms with Gasteiger partial charge in [-0.1, -0.05) is 0 Å². The van der Waals surface area contributed by atoms with Crippen molar-refractivity contribution >= 4 is 11.5 Å². The Bertz CT molecular complexity index is 595. The molecule has 2 N–H and O–H groups in total. The number of aromatic nitrogens is 2. The molecule has 1 aliphatic heterocycles. The Morgan fingerprint density at radius 2 is 1.95 bits per heavy atom. The molecular formula is C15H20N4O. The van der Waals surface area contributed by atoms with Crippen LogP contribution in [-0.4, -0.2) is 30.0 Å². The van der Waals surface area contributed by atoms with Crippen molar-refractivity contribution in [3.05, 3.63) is 24.3 Å². The van der Waals surface area contributed by atoms with Gasteiger partial charge in [0, 0.05) is 37.5 Å². The van der Waals surface area contributed by atoms with E-state index in [2.05, 4.69) is 22.1 Å². The summed E-state index contributed by atoms with van der Waals surface area (Å²) in [5.41, 5.74) is 8.94. The Kier molecular flexibility index (Phi) is 3.26. The maximum absolute atomic E-state index is 5.88. The quantitative estimate of drug-likeness (QED) is 0.931. The highest BCUT2D eigenvalue weighted by Crippen LogP contribution is 2.34. The molecule has 1 aromatic heterocycles. The summed E-state index contributed by atoms with van der Waals surface area (Å²) in [6.45, 7) is 2.24. The number of anilines is 2. The molecule has 0 aliphatic carbocycles. The highest BCUT2D eigenvalue weighted by atomic mass is 16.5. The molecule has 0 amide bonds. The summed E-state index contributed by atoms with van der Waals surface area (Å²) in [5.74, 6) is 1.47. The monoisotopic (exact) mass is 272 g/mol. The van der Waals surface area contributed by atoms with E-state index in [0.717, 1.165) is 30.1 Å². The van der Waals surface area contributed by atoms with Gasteiger partial charge in [0.1, 0.15) is 11.6 Å². The molecule has 1 aromatic carbocycles. The van der Waals surface area contributed by atoms with Gasteiger partial charge in [0.2, 0.25) is 0 Å². The summed E-state index contributed by atoms with van der Waals surface area (Å²) in [5, 5.41) is 4.45. The van der Waals surface area contributed by atoms with Crippen LogP contribution in [0.25, 0.3) is 11.3 Å². The number of hydrogen-bond acceptors (Lipinski definition) is 4. The zero-order valence-corrected chi connectivity index (χ0v) is 12.0. The van der Waals surface area contributed by atoms with Crippen molar-refractivity contribution in [2.24, 2.45) is 7.05 Å². The first-order valence-electron chi connectivity index (χ1n) is 6.92. The second kappa shape index (κ2) is 5.07. The number of rotatable bonds is 3. The van der Waals surface area contributed by atoms with Crippen LogP contribution in [0.5, 0.6) is 5.75 Å². The number of ether oxygens (including phenoxy) is 1. The third-order valence-corrected chi connectivity index (χ3v) is 3.85. The van der Waals surface area contributed by atoms with Gasteiger partial charge in [0.25, 0.3) is 0 Å². The van der Waals surface area contributed by atoms with Crippen molar-refractivity contribution in [3.63, 3.8) is 0 Å². The van der Waals surface area contributed by atoms with E-state index >= 15 is 0 Å². The van der Waals surface area contributed by atoms with Crippen LogP contribution in [0.15, 0.2) is 24.3 Å². The van der Waals surface area contributed by atoms with E-state index in [-0.39, 0.29) is 0 Å². The van der Waals surface area contributed by atoms with Gasteiger partial charge in [-0.15, -0.1) is 0 Å². The third-order valence-electron chi connectivity index (χ3n) is 3.85. The van der Waals surface area contributed by atoms with Gasteiger partial charge in [-0.2, -0.15) is 5.10 Å². The average molecular weight is 272 g/mol. The summed E-state index contributed by atoms with van der Waals surface area (Å²) in [6.07, 6.45) is 2.52. The Morgan fingerprint density at radius 1 is 1.20 bits per heavy atom. The van der Waals surface area contributed by atoms with Crippen LogP contribution in [-0.2, 0) is 7.05 Å². The molecule has 0 bridgehead atoms. The zero-order valence-electron chi connectivity index (χ0n) is 12.0. The van der Waals surface area contributed by atoms with Crippen LogP contribution >= 0.6 is 0 Å². The molecule has 1 saturated heterocycles. The minimum atomic E-state index is 0.647. The molecular weight excluding hydrogens is 252 g/mol. The average Bonchev–Trinajstić information content (AvgIpc) is 3.09. The first-order chi connectivity index (χ1) is 9.69. The molecule has 0 atom stereocenters. The van der Waals surface area contributed by atoms with Crippen molar-refractivity contribution in [3.8, 4) is 17.0 Å². The van der Waals surface area contributed by atoms with E-state index in [1.807, 2.05) is 19.2 Å². The Balaban J connectivity index is 2.04. The number of benzene rings is 1. The van der Waals surface area contributed by atoms with E-state index in [4.69, 9.17) is 10.5 Å². The largest absolute Gasteiger partial charge is 0.496 e. The molecule has 2 aromatic rings. The van der Waals surface area contributed by atoms with E-state index in [0.29, 0.717) is 5.82 Å². The maximum atomic E-state index is 5.88. The zero-order chi connectivity index (χ0) is 14.1. The van der Waals surface area contributed by atoms with Crippen LogP contribution in [0.2, 0.25) is 0 Å². The molecule has 0 saturated carbocycles. The number of aryl methyl sites for hydroxylation is 1. The normalized spacial score (nSPS) is 14.8.